The van der Waals surface area contributed by atoms with Crippen LogP contribution in [-0.4, -0.2) is 35.6 Å². The molecule has 2 N–H and O–H groups in total. The molecule has 0 saturated heterocycles. The number of carbonyl (C=O) groups excluding carboxylic acids is 3. The predicted octanol–water partition coefficient (Wildman–Crippen LogP) is 1.30. The predicted molar refractivity (Wildman–Crippen MR) is 75.2 cm³/mol. The van der Waals surface area contributed by atoms with E-state index >= 15 is 0 Å². The van der Waals surface area contributed by atoms with Gasteiger partial charge in [-0.3, -0.25) is 14.4 Å². The molecule has 1 aromatic rings. The summed E-state index contributed by atoms with van der Waals surface area (Å²) in [5, 5.41) is 10.9. The number of hydrogen-bond donors (Lipinski definition) is 2. The van der Waals surface area contributed by atoms with Gasteiger partial charge in [-0.1, -0.05) is 19.1 Å². The van der Waals surface area contributed by atoms with Gasteiger partial charge in [0, 0.05) is 30.0 Å². The van der Waals surface area contributed by atoms with E-state index in [4.69, 9.17) is 6.48 Å². The Morgan fingerprint density at radius 3 is 2.38 bits per heavy atom. The van der Waals surface area contributed by atoms with Crippen LogP contribution in [0.4, 0.5) is 0 Å². The SMILES string of the molecule is [2H]C(=O)C[C@H](C)C(=O)c1ccc(C(=O)NCCC(=O)O)cc1. The van der Waals surface area contributed by atoms with Crippen LogP contribution in [0.3, 0.4) is 0 Å². The molecule has 0 aliphatic carbocycles. The number of carboxylic acids is 1. The van der Waals surface area contributed by atoms with Gasteiger partial charge < -0.3 is 15.2 Å². The maximum Gasteiger partial charge on any atom is 0.305 e. The standard InChI is InChI=1S/C15H17NO5/c1-10(7-9-17)14(20)11-2-4-12(5-3-11)15(21)16-8-6-13(18)19/h2-5,9-10H,6-8H2,1H3,(H,16,21)(H,18,19)/t10-/m0/s1/i9D. The van der Waals surface area contributed by atoms with Crippen LogP contribution in [0.5, 0.6) is 0 Å². The lowest BCUT2D eigenvalue weighted by Crippen LogP contribution is -2.26. The number of nitrogens with one attached hydrogen (secondary N) is 1. The van der Waals surface area contributed by atoms with E-state index in [1.165, 1.54) is 24.3 Å². The molecule has 0 aliphatic heterocycles. The van der Waals surface area contributed by atoms with Crippen LogP contribution < -0.4 is 5.32 Å². The summed E-state index contributed by atoms with van der Waals surface area (Å²) in [6.07, 6.45) is -1.10. The molecule has 112 valence electrons. The van der Waals surface area contributed by atoms with Crippen LogP contribution in [-0.2, 0) is 9.59 Å². The molecule has 21 heavy (non-hydrogen) atoms. The maximum absolute atomic E-state index is 12.0. The van der Waals surface area contributed by atoms with Crippen LogP contribution in [0.25, 0.3) is 0 Å². The van der Waals surface area contributed by atoms with Gasteiger partial charge >= 0.3 is 5.97 Å². The van der Waals surface area contributed by atoms with E-state index in [0.717, 1.165) is 0 Å². The van der Waals surface area contributed by atoms with E-state index in [1.807, 2.05) is 0 Å². The normalized spacial score (nSPS) is 12.1. The number of benzene rings is 1. The van der Waals surface area contributed by atoms with Crippen molar-refractivity contribution in [1.29, 1.82) is 0 Å². The second kappa shape index (κ2) is 7.94. The Kier molecular flexibility index (Phi) is 5.63. The van der Waals surface area contributed by atoms with Crippen LogP contribution >= 0.6 is 0 Å². The largest absolute Gasteiger partial charge is 0.481 e. The zero-order valence-corrected chi connectivity index (χ0v) is 11.6. The number of amides is 1. The second-order valence-electron chi connectivity index (χ2n) is 4.59. The molecule has 0 fully saturated rings. The molecule has 6 nitrogen and oxygen atoms in total. The van der Waals surface area contributed by atoms with E-state index in [1.54, 1.807) is 6.92 Å². The molecule has 0 saturated carbocycles. The highest BCUT2D eigenvalue weighted by Crippen LogP contribution is 2.12. The topological polar surface area (TPSA) is 101 Å². The van der Waals surface area contributed by atoms with Crippen molar-refractivity contribution in [2.24, 2.45) is 5.92 Å². The molecule has 0 heterocycles. The number of aldehydes is 1. The number of ketones is 1. The summed E-state index contributed by atoms with van der Waals surface area (Å²) in [4.78, 5) is 44.8. The third kappa shape index (κ3) is 5.18. The first-order valence-electron chi connectivity index (χ1n) is 6.95. The molecule has 0 unspecified atom stereocenters. The fourth-order valence-electron chi connectivity index (χ4n) is 1.67. The lowest BCUT2D eigenvalue weighted by atomic mass is 9.96. The number of carboxylic acid groups (broad SMARTS) is 1. The third-order valence-electron chi connectivity index (χ3n) is 2.89. The molecule has 1 atom stereocenters. The van der Waals surface area contributed by atoms with Crippen molar-refractivity contribution in [3.05, 3.63) is 35.4 Å². The van der Waals surface area contributed by atoms with E-state index in [9.17, 15) is 19.2 Å². The Labute approximate surface area is 123 Å². The number of hydrogen-bond acceptors (Lipinski definition) is 4. The molecular formula is C15H17NO5. The highest BCUT2D eigenvalue weighted by atomic mass is 16.4. The minimum atomic E-state index is -1.00. The van der Waals surface area contributed by atoms with Gasteiger partial charge in [0.15, 0.2) is 5.78 Å². The smallest absolute Gasteiger partial charge is 0.305 e. The van der Waals surface area contributed by atoms with Gasteiger partial charge in [0.1, 0.15) is 7.63 Å². The minimum absolute atomic E-state index is 0.0253. The van der Waals surface area contributed by atoms with Gasteiger partial charge in [-0.2, -0.15) is 0 Å². The number of rotatable bonds is 8. The van der Waals surface area contributed by atoms with Crippen LogP contribution in [0.2, 0.25) is 0 Å². The Hall–Kier alpha value is -2.50. The molecule has 0 radical (unpaired) electrons. The first-order chi connectivity index (χ1) is 10.3. The summed E-state index contributed by atoms with van der Waals surface area (Å²) < 4.78 is 6.86. The fraction of sp³-hybridized carbons (Fsp3) is 0.333. The van der Waals surface area contributed by atoms with E-state index < -0.39 is 24.1 Å². The lowest BCUT2D eigenvalue weighted by Gasteiger charge is -2.08. The zero-order valence-electron chi connectivity index (χ0n) is 12.6. The fourth-order valence-corrected chi connectivity index (χ4v) is 1.67. The maximum atomic E-state index is 12.0. The molecule has 1 rings (SSSR count). The molecular weight excluding hydrogens is 274 g/mol. The first kappa shape index (κ1) is 14.9. The zero-order chi connectivity index (χ0) is 16.7. The molecule has 6 heteroatoms. The average Bonchev–Trinajstić information content (AvgIpc) is 2.45. The first-order valence-corrected chi connectivity index (χ1v) is 6.45. The van der Waals surface area contributed by atoms with Gasteiger partial charge in [0.25, 0.3) is 5.91 Å². The van der Waals surface area contributed by atoms with Crippen molar-refractivity contribution in [3.63, 3.8) is 0 Å². The van der Waals surface area contributed by atoms with E-state index in [2.05, 4.69) is 5.32 Å². The van der Waals surface area contributed by atoms with Gasteiger partial charge in [-0.05, 0) is 12.1 Å². The van der Waals surface area contributed by atoms with Crippen molar-refractivity contribution in [2.75, 3.05) is 6.54 Å². The second-order valence-corrected chi connectivity index (χ2v) is 4.59. The van der Waals surface area contributed by atoms with Gasteiger partial charge in [0.2, 0.25) is 0 Å². The Balaban J connectivity index is 2.65. The summed E-state index contributed by atoms with van der Waals surface area (Å²) in [6, 6.07) is 5.86. The monoisotopic (exact) mass is 292 g/mol. The Morgan fingerprint density at radius 2 is 1.86 bits per heavy atom. The molecule has 1 amide bonds. The van der Waals surface area contributed by atoms with Crippen LogP contribution in [0.15, 0.2) is 24.3 Å². The van der Waals surface area contributed by atoms with Crippen molar-refractivity contribution >= 4 is 23.9 Å². The molecule has 0 aromatic heterocycles. The number of carbonyl (C=O) groups is 4. The van der Waals surface area contributed by atoms with Crippen LogP contribution in [0.1, 0.15) is 41.9 Å². The highest BCUT2D eigenvalue weighted by molar-refractivity contribution is 6.00. The molecule has 0 bridgehead atoms. The summed E-state index contributed by atoms with van der Waals surface area (Å²) in [6.45, 7) is 1.60. The summed E-state index contributed by atoms with van der Waals surface area (Å²) in [5.74, 6) is -2.27. The Morgan fingerprint density at radius 1 is 1.29 bits per heavy atom. The van der Waals surface area contributed by atoms with Crippen molar-refractivity contribution in [1.82, 2.24) is 5.32 Å². The number of aliphatic carboxylic acids is 1. The van der Waals surface area contributed by atoms with Crippen molar-refractivity contribution in [2.45, 2.75) is 19.8 Å². The lowest BCUT2D eigenvalue weighted by molar-refractivity contribution is -0.136. The van der Waals surface area contributed by atoms with Gasteiger partial charge in [-0.15, -0.1) is 0 Å². The number of Topliss-reactive ketones (excluding diaryl/α,β-unsaturated/α-hetero) is 1. The molecule has 0 spiro atoms. The minimum Gasteiger partial charge on any atom is -0.481 e. The highest BCUT2D eigenvalue weighted by Gasteiger charge is 2.15. The van der Waals surface area contributed by atoms with Crippen molar-refractivity contribution < 1.29 is 25.7 Å². The van der Waals surface area contributed by atoms with Crippen LogP contribution in [0, 0.1) is 5.92 Å². The molecule has 0 aliphatic rings. The summed E-state index contributed by atoms with van der Waals surface area (Å²) in [5.41, 5.74) is 0.669. The Bertz CT molecular complexity index is 582. The summed E-state index contributed by atoms with van der Waals surface area (Å²) >= 11 is 0. The summed E-state index contributed by atoms with van der Waals surface area (Å²) in [7, 11) is 0. The van der Waals surface area contributed by atoms with E-state index in [-0.39, 0.29) is 25.2 Å². The average molecular weight is 292 g/mol. The third-order valence-corrected chi connectivity index (χ3v) is 2.89. The van der Waals surface area contributed by atoms with Crippen molar-refractivity contribution in [3.8, 4) is 0 Å². The van der Waals surface area contributed by atoms with Gasteiger partial charge in [-0.25, -0.2) is 0 Å². The quantitative estimate of drug-likeness (QED) is 0.555. The van der Waals surface area contributed by atoms with Gasteiger partial charge in [0.05, 0.1) is 6.42 Å². The van der Waals surface area contributed by atoms with E-state index in [0.29, 0.717) is 11.1 Å². The molecule has 1 aromatic carbocycles.